The van der Waals surface area contributed by atoms with Crippen molar-refractivity contribution in [1.29, 1.82) is 0 Å². The van der Waals surface area contributed by atoms with Gasteiger partial charge in [0.1, 0.15) is 0 Å². The van der Waals surface area contributed by atoms with E-state index in [2.05, 4.69) is 6.08 Å². The third kappa shape index (κ3) is 0.971. The molecule has 0 aliphatic heterocycles. The van der Waals surface area contributed by atoms with E-state index in [9.17, 15) is 4.79 Å². The van der Waals surface area contributed by atoms with Crippen molar-refractivity contribution in [2.45, 2.75) is 27.2 Å². The Morgan fingerprint density at radius 1 is 1.45 bits per heavy atom. The molecule has 0 aromatic carbocycles. The third-order valence-electron chi connectivity index (χ3n) is 3.03. The fraction of sp³-hybridized carbons (Fsp3) is 0.667. The summed E-state index contributed by atoms with van der Waals surface area (Å²) >= 11 is 0. The fourth-order valence-corrected chi connectivity index (χ4v) is 1.45. The molecule has 0 aromatic heterocycles. The zero-order valence-electron chi connectivity index (χ0n) is 7.35. The Labute approximate surface area is 67.5 Å². The molecule has 0 saturated carbocycles. The highest BCUT2D eigenvalue weighted by molar-refractivity contribution is 5.82. The number of allylic oxidation sites excluding steroid dienone is 2. The number of rotatable bonds is 1. The minimum absolute atomic E-state index is 0.0845. The maximum atomic E-state index is 11.1. The molecule has 0 fully saturated rings. The Hall–Kier alpha value is -0.790. The van der Waals surface area contributed by atoms with Crippen molar-refractivity contribution < 1.29 is 4.79 Å². The van der Waals surface area contributed by atoms with Crippen molar-refractivity contribution in [1.82, 2.24) is 0 Å². The summed E-state index contributed by atoms with van der Waals surface area (Å²) in [6, 6.07) is 0. The van der Waals surface area contributed by atoms with Gasteiger partial charge in [0.25, 0.3) is 0 Å². The van der Waals surface area contributed by atoms with Gasteiger partial charge in [0.2, 0.25) is 5.91 Å². The molecule has 2 nitrogen and oxygen atoms in total. The molecule has 1 aliphatic carbocycles. The average molecular weight is 153 g/mol. The van der Waals surface area contributed by atoms with E-state index in [1.54, 1.807) is 0 Å². The number of carbonyl (C=O) groups is 1. The minimum Gasteiger partial charge on any atom is -0.369 e. The van der Waals surface area contributed by atoms with Gasteiger partial charge in [0, 0.05) is 0 Å². The first-order valence-electron chi connectivity index (χ1n) is 3.88. The minimum atomic E-state index is -0.382. The standard InChI is InChI=1S/C9H15NO/c1-8(2)5-4-6-9(8,3)7(10)11/h4-5H,6H2,1-3H3,(H2,10,11). The molecule has 2 heteroatoms. The van der Waals surface area contributed by atoms with Crippen molar-refractivity contribution in [3.63, 3.8) is 0 Å². The maximum Gasteiger partial charge on any atom is 0.224 e. The molecular weight excluding hydrogens is 138 g/mol. The smallest absolute Gasteiger partial charge is 0.224 e. The van der Waals surface area contributed by atoms with Crippen LogP contribution in [0.5, 0.6) is 0 Å². The second-order valence-corrected chi connectivity index (χ2v) is 4.02. The number of nitrogens with two attached hydrogens (primary N) is 1. The van der Waals surface area contributed by atoms with Crippen molar-refractivity contribution in [3.8, 4) is 0 Å². The molecule has 1 rings (SSSR count). The lowest BCUT2D eigenvalue weighted by molar-refractivity contribution is -0.130. The summed E-state index contributed by atoms with van der Waals surface area (Å²) in [5.74, 6) is -0.201. The molecule has 0 radical (unpaired) electrons. The van der Waals surface area contributed by atoms with Gasteiger partial charge in [-0.3, -0.25) is 4.79 Å². The van der Waals surface area contributed by atoms with Crippen molar-refractivity contribution in [3.05, 3.63) is 12.2 Å². The van der Waals surface area contributed by atoms with E-state index >= 15 is 0 Å². The molecule has 1 unspecified atom stereocenters. The molecule has 11 heavy (non-hydrogen) atoms. The highest BCUT2D eigenvalue weighted by Crippen LogP contribution is 2.47. The van der Waals surface area contributed by atoms with Crippen LogP contribution in [-0.2, 0) is 4.79 Å². The van der Waals surface area contributed by atoms with Crippen LogP contribution in [-0.4, -0.2) is 5.91 Å². The van der Waals surface area contributed by atoms with E-state index in [0.29, 0.717) is 0 Å². The Kier molecular flexibility index (Phi) is 1.58. The van der Waals surface area contributed by atoms with E-state index in [1.807, 2.05) is 26.8 Å². The van der Waals surface area contributed by atoms with Gasteiger partial charge in [0.05, 0.1) is 5.41 Å². The van der Waals surface area contributed by atoms with Gasteiger partial charge < -0.3 is 5.73 Å². The average Bonchev–Trinajstić information content (AvgIpc) is 2.09. The summed E-state index contributed by atoms with van der Waals surface area (Å²) < 4.78 is 0. The summed E-state index contributed by atoms with van der Waals surface area (Å²) in [7, 11) is 0. The Balaban J connectivity index is 2.99. The zero-order chi connectivity index (χ0) is 8.70. The van der Waals surface area contributed by atoms with Crippen LogP contribution >= 0.6 is 0 Å². The molecule has 1 aliphatic rings. The van der Waals surface area contributed by atoms with Gasteiger partial charge in [-0.15, -0.1) is 0 Å². The van der Waals surface area contributed by atoms with Crippen molar-refractivity contribution in [2.75, 3.05) is 0 Å². The van der Waals surface area contributed by atoms with E-state index in [1.165, 1.54) is 0 Å². The lowest BCUT2D eigenvalue weighted by Gasteiger charge is -2.34. The van der Waals surface area contributed by atoms with Crippen LogP contribution < -0.4 is 5.73 Å². The maximum absolute atomic E-state index is 11.1. The predicted octanol–water partition coefficient (Wildman–Crippen LogP) is 1.46. The van der Waals surface area contributed by atoms with E-state index < -0.39 is 0 Å². The predicted molar refractivity (Wildman–Crippen MR) is 44.8 cm³/mol. The summed E-state index contributed by atoms with van der Waals surface area (Å²) in [6.07, 6.45) is 4.87. The monoisotopic (exact) mass is 153 g/mol. The molecule has 0 aromatic rings. The number of hydrogen-bond acceptors (Lipinski definition) is 1. The first-order valence-corrected chi connectivity index (χ1v) is 3.88. The Morgan fingerprint density at radius 3 is 2.18 bits per heavy atom. The van der Waals surface area contributed by atoms with Crippen LogP contribution in [0.25, 0.3) is 0 Å². The molecule has 0 heterocycles. The Bertz CT molecular complexity index is 218. The largest absolute Gasteiger partial charge is 0.369 e. The van der Waals surface area contributed by atoms with Crippen LogP contribution in [0.1, 0.15) is 27.2 Å². The number of hydrogen-bond donors (Lipinski definition) is 1. The molecule has 0 spiro atoms. The van der Waals surface area contributed by atoms with Gasteiger partial charge in [-0.2, -0.15) is 0 Å². The van der Waals surface area contributed by atoms with Gasteiger partial charge in [-0.1, -0.05) is 26.0 Å². The van der Waals surface area contributed by atoms with E-state index in [0.717, 1.165) is 6.42 Å². The van der Waals surface area contributed by atoms with Crippen molar-refractivity contribution >= 4 is 5.91 Å². The third-order valence-corrected chi connectivity index (χ3v) is 3.03. The molecule has 1 amide bonds. The van der Waals surface area contributed by atoms with Gasteiger partial charge in [-0.25, -0.2) is 0 Å². The summed E-state index contributed by atoms with van der Waals surface area (Å²) in [5.41, 5.74) is 4.86. The number of amides is 1. The molecular formula is C9H15NO. The topological polar surface area (TPSA) is 43.1 Å². The lowest BCUT2D eigenvalue weighted by Crippen LogP contribution is -2.42. The highest BCUT2D eigenvalue weighted by atomic mass is 16.1. The van der Waals surface area contributed by atoms with E-state index in [-0.39, 0.29) is 16.7 Å². The summed E-state index contributed by atoms with van der Waals surface area (Å²) in [5, 5.41) is 0. The fourth-order valence-electron chi connectivity index (χ4n) is 1.45. The highest BCUT2D eigenvalue weighted by Gasteiger charge is 2.46. The molecule has 0 bridgehead atoms. The normalized spacial score (nSPS) is 34.1. The first-order chi connectivity index (χ1) is 4.90. The molecule has 2 N–H and O–H groups in total. The Morgan fingerprint density at radius 2 is 2.00 bits per heavy atom. The van der Waals surface area contributed by atoms with Crippen LogP contribution in [0.3, 0.4) is 0 Å². The quantitative estimate of drug-likeness (QED) is 0.569. The van der Waals surface area contributed by atoms with Crippen LogP contribution in [0, 0.1) is 10.8 Å². The second-order valence-electron chi connectivity index (χ2n) is 4.02. The molecule has 62 valence electrons. The van der Waals surface area contributed by atoms with Gasteiger partial charge in [0.15, 0.2) is 0 Å². The van der Waals surface area contributed by atoms with Crippen LogP contribution in [0.15, 0.2) is 12.2 Å². The van der Waals surface area contributed by atoms with Gasteiger partial charge >= 0.3 is 0 Å². The van der Waals surface area contributed by atoms with Crippen LogP contribution in [0.2, 0.25) is 0 Å². The molecule has 1 atom stereocenters. The lowest BCUT2D eigenvalue weighted by atomic mass is 9.68. The SMILES string of the molecule is CC1(C)C=CCC1(C)C(N)=O. The van der Waals surface area contributed by atoms with Crippen LogP contribution in [0.4, 0.5) is 0 Å². The summed E-state index contributed by atoms with van der Waals surface area (Å²) in [4.78, 5) is 11.1. The summed E-state index contributed by atoms with van der Waals surface area (Å²) in [6.45, 7) is 6.01. The second kappa shape index (κ2) is 2.10. The van der Waals surface area contributed by atoms with E-state index in [4.69, 9.17) is 5.73 Å². The zero-order valence-corrected chi connectivity index (χ0v) is 7.35. The first kappa shape index (κ1) is 8.31. The molecule has 0 saturated heterocycles. The van der Waals surface area contributed by atoms with Crippen molar-refractivity contribution in [2.24, 2.45) is 16.6 Å². The van der Waals surface area contributed by atoms with Gasteiger partial charge in [-0.05, 0) is 18.8 Å². The number of primary amides is 1. The number of carbonyl (C=O) groups excluding carboxylic acids is 1.